The molecule has 1 aromatic carbocycles. The maximum atomic E-state index is 12.8. The van der Waals surface area contributed by atoms with Crippen LogP contribution in [0.2, 0.25) is 0 Å². The van der Waals surface area contributed by atoms with E-state index in [1.165, 1.54) is 0 Å². The Labute approximate surface area is 122 Å². The number of anilines is 2. The molecule has 0 aliphatic rings. The highest BCUT2D eigenvalue weighted by atomic mass is 32.1. The van der Waals surface area contributed by atoms with E-state index in [9.17, 15) is 18.0 Å². The third-order valence-corrected chi connectivity index (χ3v) is 3.68. The molecule has 0 aliphatic heterocycles. The van der Waals surface area contributed by atoms with Gasteiger partial charge in [0.1, 0.15) is 4.88 Å². The number of alkyl halides is 3. The molecule has 0 amide bonds. The van der Waals surface area contributed by atoms with Crippen molar-refractivity contribution in [3.63, 3.8) is 0 Å². The number of benzene rings is 1. The Morgan fingerprint density at radius 1 is 1.33 bits per heavy atom. The van der Waals surface area contributed by atoms with Gasteiger partial charge in [-0.1, -0.05) is 23.5 Å². The Balaban J connectivity index is 2.42. The number of rotatable bonds is 3. The predicted octanol–water partition coefficient (Wildman–Crippen LogP) is 4.22. The number of nitrogens with zero attached hydrogens (tertiary/aromatic N) is 1. The zero-order valence-corrected chi connectivity index (χ0v) is 11.9. The van der Waals surface area contributed by atoms with Crippen molar-refractivity contribution < 1.29 is 23.1 Å². The van der Waals surface area contributed by atoms with Gasteiger partial charge in [0.15, 0.2) is 10.8 Å². The molecule has 21 heavy (non-hydrogen) atoms. The molecule has 2 N–H and O–H groups in total. The lowest BCUT2D eigenvalue weighted by Crippen LogP contribution is -2.11. The second-order valence-corrected chi connectivity index (χ2v) is 5.44. The molecular formula is C13H11F3N2O2S. The Hall–Kier alpha value is -2.09. The van der Waals surface area contributed by atoms with Gasteiger partial charge in [-0.15, -0.1) is 0 Å². The van der Waals surface area contributed by atoms with Gasteiger partial charge in [-0.3, -0.25) is 0 Å². The van der Waals surface area contributed by atoms with E-state index in [1.807, 2.05) is 19.1 Å². The average molecular weight is 316 g/mol. The van der Waals surface area contributed by atoms with Gasteiger partial charge in [0.25, 0.3) is 0 Å². The van der Waals surface area contributed by atoms with Gasteiger partial charge in [0.05, 0.1) is 0 Å². The van der Waals surface area contributed by atoms with E-state index in [1.54, 1.807) is 13.0 Å². The highest BCUT2D eigenvalue weighted by Gasteiger charge is 2.39. The lowest BCUT2D eigenvalue weighted by atomic mass is 10.1. The smallest absolute Gasteiger partial charge is 0.435 e. The summed E-state index contributed by atoms with van der Waals surface area (Å²) in [7, 11) is 0. The second kappa shape index (κ2) is 5.36. The Morgan fingerprint density at radius 3 is 2.52 bits per heavy atom. The summed E-state index contributed by atoms with van der Waals surface area (Å²) in [5, 5.41) is 11.5. The van der Waals surface area contributed by atoms with E-state index in [0.29, 0.717) is 17.0 Å². The number of aromatic nitrogens is 1. The van der Waals surface area contributed by atoms with E-state index in [2.05, 4.69) is 10.3 Å². The zero-order valence-electron chi connectivity index (χ0n) is 11.1. The quantitative estimate of drug-likeness (QED) is 0.890. The molecule has 2 aromatic rings. The van der Waals surface area contributed by atoms with Crippen molar-refractivity contribution in [1.82, 2.24) is 4.98 Å². The molecule has 2 rings (SSSR count). The van der Waals surface area contributed by atoms with Crippen LogP contribution in [0.15, 0.2) is 18.2 Å². The van der Waals surface area contributed by atoms with E-state index in [0.717, 1.165) is 11.1 Å². The van der Waals surface area contributed by atoms with Crippen molar-refractivity contribution in [3.8, 4) is 0 Å². The summed E-state index contributed by atoms with van der Waals surface area (Å²) in [5.41, 5.74) is 0.956. The maximum Gasteiger partial charge on any atom is 0.435 e. The van der Waals surface area contributed by atoms with Crippen LogP contribution in [0.5, 0.6) is 0 Å². The predicted molar refractivity (Wildman–Crippen MR) is 73.3 cm³/mol. The fourth-order valence-corrected chi connectivity index (χ4v) is 2.53. The molecule has 0 spiro atoms. The van der Waals surface area contributed by atoms with Gasteiger partial charge < -0.3 is 10.4 Å². The summed E-state index contributed by atoms with van der Waals surface area (Å²) < 4.78 is 38.3. The van der Waals surface area contributed by atoms with Crippen molar-refractivity contribution >= 4 is 28.1 Å². The summed E-state index contributed by atoms with van der Waals surface area (Å²) >= 11 is 0.462. The van der Waals surface area contributed by atoms with Gasteiger partial charge in [0.2, 0.25) is 0 Å². The fraction of sp³-hybridized carbons (Fsp3) is 0.231. The highest BCUT2D eigenvalue weighted by molar-refractivity contribution is 7.17. The maximum absolute atomic E-state index is 12.8. The van der Waals surface area contributed by atoms with Gasteiger partial charge >= 0.3 is 12.1 Å². The van der Waals surface area contributed by atoms with E-state index in [-0.39, 0.29) is 5.13 Å². The monoisotopic (exact) mass is 316 g/mol. The third-order valence-electron chi connectivity index (χ3n) is 2.72. The number of thiazole rings is 1. The minimum atomic E-state index is -4.80. The largest absolute Gasteiger partial charge is 0.477 e. The van der Waals surface area contributed by atoms with Crippen LogP contribution in [-0.2, 0) is 6.18 Å². The molecule has 0 bridgehead atoms. The minimum absolute atomic E-state index is 0.103. The Bertz CT molecular complexity index is 695. The molecule has 1 heterocycles. The number of carbonyl (C=O) groups is 1. The van der Waals surface area contributed by atoms with Crippen LogP contribution < -0.4 is 5.32 Å². The van der Waals surface area contributed by atoms with Gasteiger partial charge in [-0.2, -0.15) is 13.2 Å². The van der Waals surface area contributed by atoms with Crippen molar-refractivity contribution in [1.29, 1.82) is 0 Å². The zero-order chi connectivity index (χ0) is 15.8. The fourth-order valence-electron chi connectivity index (χ4n) is 1.70. The average Bonchev–Trinajstić information content (AvgIpc) is 2.78. The molecule has 0 fully saturated rings. The van der Waals surface area contributed by atoms with Crippen molar-refractivity contribution in [3.05, 3.63) is 39.9 Å². The van der Waals surface area contributed by atoms with E-state index < -0.39 is 22.7 Å². The van der Waals surface area contributed by atoms with Gasteiger partial charge in [-0.25, -0.2) is 9.78 Å². The number of hydrogen-bond acceptors (Lipinski definition) is 4. The number of hydrogen-bond donors (Lipinski definition) is 2. The van der Waals surface area contributed by atoms with Crippen molar-refractivity contribution in [2.45, 2.75) is 20.0 Å². The van der Waals surface area contributed by atoms with Crippen LogP contribution in [0.4, 0.5) is 24.0 Å². The highest BCUT2D eigenvalue weighted by Crippen LogP contribution is 2.37. The first-order chi connectivity index (χ1) is 9.68. The molecule has 1 aromatic heterocycles. The molecule has 8 heteroatoms. The summed E-state index contributed by atoms with van der Waals surface area (Å²) in [6.45, 7) is 3.63. The number of nitrogens with one attached hydrogen (secondary N) is 1. The second-order valence-electron chi connectivity index (χ2n) is 4.44. The van der Waals surface area contributed by atoms with Crippen LogP contribution in [0.25, 0.3) is 0 Å². The Kier molecular flexibility index (Phi) is 3.91. The molecular weight excluding hydrogens is 305 g/mol. The van der Waals surface area contributed by atoms with Crippen LogP contribution in [0.3, 0.4) is 0 Å². The Morgan fingerprint density at radius 2 is 2.00 bits per heavy atom. The molecule has 0 unspecified atom stereocenters. The minimum Gasteiger partial charge on any atom is -0.477 e. The number of aryl methyl sites for hydroxylation is 2. The molecule has 0 radical (unpaired) electrons. The number of carboxylic acid groups (broad SMARTS) is 1. The topological polar surface area (TPSA) is 62.2 Å². The van der Waals surface area contributed by atoms with Crippen molar-refractivity contribution in [2.75, 3.05) is 5.32 Å². The van der Waals surface area contributed by atoms with E-state index >= 15 is 0 Å². The summed E-state index contributed by atoms with van der Waals surface area (Å²) in [4.78, 5) is 13.4. The lowest BCUT2D eigenvalue weighted by Gasteiger charge is -2.07. The van der Waals surface area contributed by atoms with Crippen LogP contribution >= 0.6 is 11.3 Å². The third kappa shape index (κ3) is 3.33. The molecule has 4 nitrogen and oxygen atoms in total. The summed E-state index contributed by atoms with van der Waals surface area (Å²) in [6, 6.07) is 5.44. The van der Waals surface area contributed by atoms with Gasteiger partial charge in [0, 0.05) is 5.69 Å². The number of halogens is 3. The molecule has 0 saturated heterocycles. The normalized spacial score (nSPS) is 11.5. The van der Waals surface area contributed by atoms with Crippen LogP contribution in [0.1, 0.15) is 26.5 Å². The summed E-state index contributed by atoms with van der Waals surface area (Å²) in [6.07, 6.45) is -4.80. The van der Waals surface area contributed by atoms with Crippen LogP contribution in [0, 0.1) is 13.8 Å². The first kappa shape index (κ1) is 15.3. The number of aromatic carboxylic acids is 1. The van der Waals surface area contributed by atoms with E-state index in [4.69, 9.17) is 5.11 Å². The molecule has 0 aliphatic carbocycles. The molecule has 112 valence electrons. The van der Waals surface area contributed by atoms with Crippen molar-refractivity contribution in [2.24, 2.45) is 0 Å². The lowest BCUT2D eigenvalue weighted by molar-refractivity contribution is -0.141. The SMILES string of the molecule is Cc1ccc(C)c(Nc2nc(C(F)(F)F)c(C(=O)O)s2)c1. The summed E-state index contributed by atoms with van der Waals surface area (Å²) in [5.74, 6) is -1.64. The van der Waals surface area contributed by atoms with Crippen LogP contribution in [-0.4, -0.2) is 16.1 Å². The number of carboxylic acids is 1. The standard InChI is InChI=1S/C13H11F3N2O2S/c1-6-3-4-7(2)8(5-6)17-12-18-10(13(14,15)16)9(21-12)11(19)20/h3-5H,1-2H3,(H,17,18)(H,19,20). The molecule has 0 saturated carbocycles. The molecule has 0 atom stereocenters. The van der Waals surface area contributed by atoms with Gasteiger partial charge in [-0.05, 0) is 31.0 Å². The first-order valence-corrected chi connectivity index (χ1v) is 6.65. The first-order valence-electron chi connectivity index (χ1n) is 5.84.